The van der Waals surface area contributed by atoms with Crippen molar-refractivity contribution in [2.75, 3.05) is 10.8 Å². The Morgan fingerprint density at radius 2 is 1.34 bits per heavy atom. The molecule has 8 nitrogen and oxygen atoms in total. The van der Waals surface area contributed by atoms with Gasteiger partial charge in [0, 0.05) is 19.0 Å². The summed E-state index contributed by atoms with van der Waals surface area (Å²) in [6, 6.07) is 39.1. The summed E-state index contributed by atoms with van der Waals surface area (Å²) >= 11 is 0. The van der Waals surface area contributed by atoms with Gasteiger partial charge in [-0.3, -0.25) is 13.9 Å². The molecule has 0 radical (unpaired) electrons. The van der Waals surface area contributed by atoms with E-state index in [-0.39, 0.29) is 29.8 Å². The van der Waals surface area contributed by atoms with Gasteiger partial charge >= 0.3 is 0 Å². The van der Waals surface area contributed by atoms with Gasteiger partial charge in [-0.1, -0.05) is 110 Å². The van der Waals surface area contributed by atoms with Crippen molar-refractivity contribution in [3.63, 3.8) is 0 Å². The molecule has 0 spiro atoms. The molecule has 0 bridgehead atoms. The highest BCUT2D eigenvalue weighted by Crippen LogP contribution is 2.29. The number of sulfonamides is 1. The van der Waals surface area contributed by atoms with Crippen molar-refractivity contribution in [3.8, 4) is 11.5 Å². The van der Waals surface area contributed by atoms with Crippen LogP contribution < -0.4 is 14.4 Å². The Hall–Kier alpha value is -5.41. The quantitative estimate of drug-likeness (QED) is 0.124. The number of nitrogens with zero attached hydrogens (tertiary/aromatic N) is 2. The van der Waals surface area contributed by atoms with Crippen LogP contribution in [0.2, 0.25) is 0 Å². The molecule has 1 aliphatic carbocycles. The van der Waals surface area contributed by atoms with Crippen LogP contribution in [0.3, 0.4) is 0 Å². The lowest BCUT2D eigenvalue weighted by Crippen LogP contribution is -2.55. The Labute approximate surface area is 313 Å². The zero-order valence-electron chi connectivity index (χ0n) is 30.4. The van der Waals surface area contributed by atoms with E-state index in [4.69, 9.17) is 4.74 Å². The number of hydrogen-bond donors (Lipinski definition) is 1. The highest BCUT2D eigenvalue weighted by Gasteiger charge is 2.35. The monoisotopic (exact) mass is 729 g/mol. The number of anilines is 1. The first-order chi connectivity index (χ1) is 25.7. The van der Waals surface area contributed by atoms with Gasteiger partial charge in [0.25, 0.3) is 10.0 Å². The van der Waals surface area contributed by atoms with Crippen LogP contribution in [0, 0.1) is 13.8 Å². The molecule has 5 aromatic rings. The number of hydrogen-bond acceptors (Lipinski definition) is 5. The predicted octanol–water partition coefficient (Wildman–Crippen LogP) is 8.38. The van der Waals surface area contributed by atoms with Crippen LogP contribution in [0.4, 0.5) is 5.69 Å². The van der Waals surface area contributed by atoms with Crippen LogP contribution in [-0.2, 0) is 32.6 Å². The summed E-state index contributed by atoms with van der Waals surface area (Å²) in [7, 11) is -4.24. The SMILES string of the molecule is Cc1ccc(S(=O)(=O)N(CC(=O)N(Cc2ccccc2C)C(Cc2ccccc2)C(=O)NC2CCCCC2)c2ccc(Oc3ccccc3)cc2)cc1. The molecule has 274 valence electrons. The first-order valence-corrected chi connectivity index (χ1v) is 19.7. The topological polar surface area (TPSA) is 96.0 Å². The number of carbonyl (C=O) groups is 2. The number of para-hydroxylation sites is 1. The molecule has 1 saturated carbocycles. The van der Waals surface area contributed by atoms with Crippen molar-refractivity contribution in [1.29, 1.82) is 0 Å². The number of nitrogens with one attached hydrogen (secondary N) is 1. The van der Waals surface area contributed by atoms with Gasteiger partial charge in [0.1, 0.15) is 24.1 Å². The van der Waals surface area contributed by atoms with Crippen molar-refractivity contribution < 1.29 is 22.7 Å². The lowest BCUT2D eigenvalue weighted by Gasteiger charge is -2.35. The number of benzene rings is 5. The normalized spacial score (nSPS) is 13.8. The van der Waals surface area contributed by atoms with E-state index >= 15 is 0 Å². The molecule has 9 heteroatoms. The number of rotatable bonds is 14. The maximum absolute atomic E-state index is 14.9. The van der Waals surface area contributed by atoms with Gasteiger partial charge in [-0.25, -0.2) is 8.42 Å². The van der Waals surface area contributed by atoms with Crippen molar-refractivity contribution in [1.82, 2.24) is 10.2 Å². The molecule has 1 N–H and O–H groups in total. The summed E-state index contributed by atoms with van der Waals surface area (Å²) in [6.07, 6.45) is 5.28. The standard InChI is InChI=1S/C44H47N3O5S/c1-33-22-28-41(29-23-33)53(50,51)47(38-24-26-40(27-25-38)52-39-20-10-5-11-21-39)32-43(48)46(31-36-17-13-12-14-34(36)2)42(30-35-15-6-3-7-16-35)44(49)45-37-18-8-4-9-19-37/h3,5-7,10-17,20-29,37,42H,4,8-9,18-19,30-32H2,1-2H3,(H,45,49). The molecule has 1 aliphatic rings. The smallest absolute Gasteiger partial charge is 0.264 e. The van der Waals surface area contributed by atoms with E-state index in [2.05, 4.69) is 5.32 Å². The van der Waals surface area contributed by atoms with Crippen LogP contribution in [0.15, 0.2) is 138 Å². The zero-order chi connectivity index (χ0) is 37.2. The summed E-state index contributed by atoms with van der Waals surface area (Å²) in [5.41, 5.74) is 3.94. The average Bonchev–Trinajstić information content (AvgIpc) is 3.17. The second kappa shape index (κ2) is 17.4. The van der Waals surface area contributed by atoms with Crippen molar-refractivity contribution in [2.24, 2.45) is 0 Å². The fourth-order valence-corrected chi connectivity index (χ4v) is 8.15. The third-order valence-corrected chi connectivity index (χ3v) is 11.6. The highest BCUT2D eigenvalue weighted by atomic mass is 32.2. The van der Waals surface area contributed by atoms with E-state index in [1.807, 2.05) is 98.8 Å². The second-order valence-electron chi connectivity index (χ2n) is 13.7. The summed E-state index contributed by atoms with van der Waals surface area (Å²) in [4.78, 5) is 30.9. The summed E-state index contributed by atoms with van der Waals surface area (Å²) in [5.74, 6) is 0.427. The first kappa shape index (κ1) is 37.4. The van der Waals surface area contributed by atoms with Gasteiger partial charge in [-0.2, -0.15) is 0 Å². The minimum Gasteiger partial charge on any atom is -0.457 e. The Morgan fingerprint density at radius 1 is 0.736 bits per heavy atom. The van der Waals surface area contributed by atoms with Crippen molar-refractivity contribution >= 4 is 27.5 Å². The third-order valence-electron chi connectivity index (χ3n) is 9.82. The van der Waals surface area contributed by atoms with E-state index < -0.39 is 28.5 Å². The minimum atomic E-state index is -4.24. The molecule has 0 aromatic heterocycles. The minimum absolute atomic E-state index is 0.0277. The fraction of sp³-hybridized carbons (Fsp3) is 0.273. The first-order valence-electron chi connectivity index (χ1n) is 18.3. The molecule has 5 aromatic carbocycles. The van der Waals surface area contributed by atoms with Crippen LogP contribution in [0.1, 0.15) is 54.4 Å². The maximum atomic E-state index is 14.9. The number of ether oxygens (including phenoxy) is 1. The Balaban J connectivity index is 1.39. The second-order valence-corrected chi connectivity index (χ2v) is 15.6. The number of aryl methyl sites for hydroxylation is 2. The van der Waals surface area contributed by atoms with Gasteiger partial charge in [0.05, 0.1) is 10.6 Å². The maximum Gasteiger partial charge on any atom is 0.264 e. The van der Waals surface area contributed by atoms with Gasteiger partial charge in [-0.15, -0.1) is 0 Å². The molecule has 1 unspecified atom stereocenters. The molecule has 53 heavy (non-hydrogen) atoms. The highest BCUT2D eigenvalue weighted by molar-refractivity contribution is 7.92. The van der Waals surface area contributed by atoms with Gasteiger partial charge in [0.2, 0.25) is 11.8 Å². The molecule has 0 heterocycles. The van der Waals surface area contributed by atoms with Gasteiger partial charge in [-0.05, 0) is 91.9 Å². The van der Waals surface area contributed by atoms with Crippen LogP contribution in [0.5, 0.6) is 11.5 Å². The molecule has 0 aliphatic heterocycles. The van der Waals surface area contributed by atoms with Gasteiger partial charge < -0.3 is 15.0 Å². The van der Waals surface area contributed by atoms with Crippen molar-refractivity contribution in [2.45, 2.75) is 75.9 Å². The molecule has 0 saturated heterocycles. The van der Waals surface area contributed by atoms with Crippen molar-refractivity contribution in [3.05, 3.63) is 156 Å². The molecule has 1 fully saturated rings. The Morgan fingerprint density at radius 3 is 2.00 bits per heavy atom. The Bertz CT molecular complexity index is 2070. The lowest BCUT2D eigenvalue weighted by molar-refractivity contribution is -0.140. The third kappa shape index (κ3) is 9.73. The largest absolute Gasteiger partial charge is 0.457 e. The summed E-state index contributed by atoms with van der Waals surface area (Å²) in [6.45, 7) is 3.46. The lowest BCUT2D eigenvalue weighted by atomic mass is 9.94. The fourth-order valence-electron chi connectivity index (χ4n) is 6.74. The van der Waals surface area contributed by atoms with Crippen LogP contribution in [-0.4, -0.2) is 43.8 Å². The van der Waals surface area contributed by atoms with Crippen LogP contribution >= 0.6 is 0 Å². The molecular formula is C44H47N3O5S. The van der Waals surface area contributed by atoms with E-state index in [1.165, 1.54) is 0 Å². The number of amides is 2. The number of carbonyl (C=O) groups excluding carboxylic acids is 2. The van der Waals surface area contributed by atoms with E-state index in [1.54, 1.807) is 53.4 Å². The summed E-state index contributed by atoms with van der Waals surface area (Å²) in [5, 5.41) is 3.27. The predicted molar refractivity (Wildman–Crippen MR) is 209 cm³/mol. The van der Waals surface area contributed by atoms with E-state index in [0.717, 1.165) is 58.7 Å². The van der Waals surface area contributed by atoms with Crippen LogP contribution in [0.25, 0.3) is 0 Å². The molecule has 1 atom stereocenters. The molecule has 2 amide bonds. The van der Waals surface area contributed by atoms with E-state index in [0.29, 0.717) is 17.2 Å². The van der Waals surface area contributed by atoms with Gasteiger partial charge in [0.15, 0.2) is 0 Å². The molecular weight excluding hydrogens is 683 g/mol. The zero-order valence-corrected chi connectivity index (χ0v) is 31.2. The summed E-state index contributed by atoms with van der Waals surface area (Å²) < 4.78 is 36.1. The molecule has 6 rings (SSSR count). The average molecular weight is 730 g/mol. The van der Waals surface area contributed by atoms with E-state index in [9.17, 15) is 18.0 Å². The Kier molecular flexibility index (Phi) is 12.3.